The predicted molar refractivity (Wildman–Crippen MR) is 51.8 cm³/mol. The van der Waals surface area contributed by atoms with Crippen molar-refractivity contribution in [3.8, 4) is 0 Å². The second-order valence-corrected chi connectivity index (χ2v) is 3.74. The number of hydrogen-bond acceptors (Lipinski definition) is 3. The van der Waals surface area contributed by atoms with Gasteiger partial charge >= 0.3 is 0 Å². The van der Waals surface area contributed by atoms with E-state index in [1.165, 1.54) is 12.8 Å². The van der Waals surface area contributed by atoms with Crippen LogP contribution in [-0.2, 0) is 9.53 Å². The fraction of sp³-hybridized carbons (Fsp3) is 0.900. The van der Waals surface area contributed by atoms with Crippen LogP contribution in [0.3, 0.4) is 0 Å². The molecule has 1 saturated heterocycles. The molecular formula is C10H19NO2. The van der Waals surface area contributed by atoms with Gasteiger partial charge in [0.25, 0.3) is 0 Å². The smallest absolute Gasteiger partial charge is 0.131 e. The SMILES string of the molecule is COC[C@@H]1CCCN1CCC(C)=O. The van der Waals surface area contributed by atoms with Crippen LogP contribution in [0.25, 0.3) is 0 Å². The summed E-state index contributed by atoms with van der Waals surface area (Å²) in [4.78, 5) is 13.2. The average Bonchev–Trinajstić information content (AvgIpc) is 2.49. The molecule has 1 atom stereocenters. The zero-order chi connectivity index (χ0) is 9.68. The minimum absolute atomic E-state index is 0.281. The molecule has 3 heteroatoms. The van der Waals surface area contributed by atoms with E-state index in [0.29, 0.717) is 12.5 Å². The van der Waals surface area contributed by atoms with Crippen LogP contribution in [-0.4, -0.2) is 43.5 Å². The number of carbonyl (C=O) groups is 1. The summed E-state index contributed by atoms with van der Waals surface area (Å²) < 4.78 is 5.14. The summed E-state index contributed by atoms with van der Waals surface area (Å²) in [7, 11) is 1.74. The third-order valence-corrected chi connectivity index (χ3v) is 2.61. The van der Waals surface area contributed by atoms with Gasteiger partial charge in [-0.25, -0.2) is 0 Å². The van der Waals surface area contributed by atoms with Crippen molar-refractivity contribution in [2.24, 2.45) is 0 Å². The van der Waals surface area contributed by atoms with Gasteiger partial charge in [-0.2, -0.15) is 0 Å². The van der Waals surface area contributed by atoms with E-state index in [9.17, 15) is 4.79 Å². The molecule has 1 fully saturated rings. The van der Waals surface area contributed by atoms with Crippen LogP contribution in [0, 0.1) is 0 Å². The van der Waals surface area contributed by atoms with E-state index in [0.717, 1.165) is 19.7 Å². The lowest BCUT2D eigenvalue weighted by Gasteiger charge is -2.22. The maximum atomic E-state index is 10.8. The Kier molecular flexibility index (Phi) is 4.39. The molecule has 3 nitrogen and oxygen atoms in total. The van der Waals surface area contributed by atoms with E-state index in [2.05, 4.69) is 4.90 Å². The normalized spacial score (nSPS) is 23.7. The summed E-state index contributed by atoms with van der Waals surface area (Å²) in [6.07, 6.45) is 3.14. The Morgan fingerprint density at radius 2 is 2.38 bits per heavy atom. The van der Waals surface area contributed by atoms with Gasteiger partial charge in [0, 0.05) is 26.1 Å². The van der Waals surface area contributed by atoms with Gasteiger partial charge in [0.15, 0.2) is 0 Å². The molecule has 0 aromatic rings. The molecule has 0 radical (unpaired) electrons. The average molecular weight is 185 g/mol. The number of Topliss-reactive ketones (excluding diaryl/α,β-unsaturated/α-hetero) is 1. The molecule has 0 unspecified atom stereocenters. The van der Waals surface area contributed by atoms with Crippen LogP contribution >= 0.6 is 0 Å². The molecule has 1 aliphatic rings. The number of methoxy groups -OCH3 is 1. The van der Waals surface area contributed by atoms with Crippen LogP contribution in [0.4, 0.5) is 0 Å². The molecule has 0 aromatic heterocycles. The summed E-state index contributed by atoms with van der Waals surface area (Å²) >= 11 is 0. The number of ketones is 1. The van der Waals surface area contributed by atoms with E-state index in [4.69, 9.17) is 4.74 Å². The van der Waals surface area contributed by atoms with Gasteiger partial charge in [-0.05, 0) is 26.3 Å². The Morgan fingerprint density at radius 1 is 1.62 bits per heavy atom. The van der Waals surface area contributed by atoms with Crippen LogP contribution < -0.4 is 0 Å². The summed E-state index contributed by atoms with van der Waals surface area (Å²) in [5.74, 6) is 0.281. The van der Waals surface area contributed by atoms with Crippen LogP contribution in [0.2, 0.25) is 0 Å². The first kappa shape index (κ1) is 10.7. The monoisotopic (exact) mass is 185 g/mol. The highest BCUT2D eigenvalue weighted by molar-refractivity contribution is 5.75. The highest BCUT2D eigenvalue weighted by atomic mass is 16.5. The predicted octanol–water partition coefficient (Wildman–Crippen LogP) is 1.08. The first-order valence-electron chi connectivity index (χ1n) is 4.96. The van der Waals surface area contributed by atoms with Crippen LogP contribution in [0.15, 0.2) is 0 Å². The fourth-order valence-electron chi connectivity index (χ4n) is 1.87. The molecule has 1 heterocycles. The summed E-state index contributed by atoms with van der Waals surface area (Å²) in [6, 6.07) is 0.546. The molecule has 0 bridgehead atoms. The number of hydrogen-bond donors (Lipinski definition) is 0. The van der Waals surface area contributed by atoms with Gasteiger partial charge in [-0.15, -0.1) is 0 Å². The highest BCUT2D eigenvalue weighted by Gasteiger charge is 2.23. The maximum Gasteiger partial charge on any atom is 0.131 e. The van der Waals surface area contributed by atoms with Gasteiger partial charge in [0.2, 0.25) is 0 Å². The first-order valence-corrected chi connectivity index (χ1v) is 4.96. The van der Waals surface area contributed by atoms with Crippen molar-refractivity contribution in [1.82, 2.24) is 4.90 Å². The molecule has 0 aromatic carbocycles. The van der Waals surface area contributed by atoms with Crippen molar-refractivity contribution in [3.63, 3.8) is 0 Å². The Balaban J connectivity index is 2.26. The number of likely N-dealkylation sites (tertiary alicyclic amines) is 1. The van der Waals surface area contributed by atoms with Gasteiger partial charge in [-0.1, -0.05) is 0 Å². The van der Waals surface area contributed by atoms with Gasteiger partial charge in [0.1, 0.15) is 5.78 Å². The molecular weight excluding hydrogens is 166 g/mol. The number of rotatable bonds is 5. The summed E-state index contributed by atoms with van der Waals surface area (Å²) in [5.41, 5.74) is 0. The number of ether oxygens (including phenoxy) is 1. The quantitative estimate of drug-likeness (QED) is 0.642. The third-order valence-electron chi connectivity index (χ3n) is 2.61. The van der Waals surface area contributed by atoms with E-state index >= 15 is 0 Å². The van der Waals surface area contributed by atoms with Crippen molar-refractivity contribution >= 4 is 5.78 Å². The zero-order valence-corrected chi connectivity index (χ0v) is 8.58. The Hall–Kier alpha value is -0.410. The molecule has 0 spiro atoms. The number of nitrogens with zero attached hydrogens (tertiary/aromatic N) is 1. The molecule has 13 heavy (non-hydrogen) atoms. The maximum absolute atomic E-state index is 10.8. The van der Waals surface area contributed by atoms with Crippen molar-refractivity contribution < 1.29 is 9.53 Å². The molecule has 1 aliphatic heterocycles. The highest BCUT2D eigenvalue weighted by Crippen LogP contribution is 2.17. The lowest BCUT2D eigenvalue weighted by molar-refractivity contribution is -0.117. The van der Waals surface area contributed by atoms with Gasteiger partial charge in [-0.3, -0.25) is 9.69 Å². The Bertz CT molecular complexity index is 170. The van der Waals surface area contributed by atoms with Crippen molar-refractivity contribution in [1.29, 1.82) is 0 Å². The largest absolute Gasteiger partial charge is 0.383 e. The van der Waals surface area contributed by atoms with Crippen LogP contribution in [0.5, 0.6) is 0 Å². The van der Waals surface area contributed by atoms with Crippen molar-refractivity contribution in [2.75, 3.05) is 26.8 Å². The minimum Gasteiger partial charge on any atom is -0.383 e. The second kappa shape index (κ2) is 5.35. The van der Waals surface area contributed by atoms with Gasteiger partial charge in [0.05, 0.1) is 6.61 Å². The minimum atomic E-state index is 0.281. The molecule has 0 N–H and O–H groups in total. The van der Waals surface area contributed by atoms with Crippen LogP contribution in [0.1, 0.15) is 26.2 Å². The standard InChI is InChI=1S/C10H19NO2/c1-9(12)5-7-11-6-3-4-10(11)8-13-2/h10H,3-8H2,1-2H3/t10-/m0/s1. The van der Waals surface area contributed by atoms with E-state index in [1.54, 1.807) is 14.0 Å². The molecule has 0 saturated carbocycles. The lowest BCUT2D eigenvalue weighted by atomic mass is 10.2. The van der Waals surface area contributed by atoms with E-state index in [-0.39, 0.29) is 5.78 Å². The first-order chi connectivity index (χ1) is 6.24. The third kappa shape index (κ3) is 3.44. The van der Waals surface area contributed by atoms with E-state index < -0.39 is 0 Å². The molecule has 0 aliphatic carbocycles. The molecule has 76 valence electrons. The summed E-state index contributed by atoms with van der Waals surface area (Å²) in [6.45, 7) is 4.49. The van der Waals surface area contributed by atoms with Gasteiger partial charge < -0.3 is 4.74 Å². The van der Waals surface area contributed by atoms with Crippen molar-refractivity contribution in [2.45, 2.75) is 32.2 Å². The van der Waals surface area contributed by atoms with E-state index in [1.807, 2.05) is 0 Å². The lowest BCUT2D eigenvalue weighted by Crippen LogP contribution is -2.34. The summed E-state index contributed by atoms with van der Waals surface area (Å²) in [5, 5.41) is 0. The number of carbonyl (C=O) groups excluding carboxylic acids is 1. The zero-order valence-electron chi connectivity index (χ0n) is 8.58. The second-order valence-electron chi connectivity index (χ2n) is 3.74. The Labute approximate surface area is 80.1 Å². The molecule has 0 amide bonds. The molecule has 1 rings (SSSR count). The topological polar surface area (TPSA) is 29.5 Å². The Morgan fingerprint density at radius 3 is 3.00 bits per heavy atom. The van der Waals surface area contributed by atoms with Crippen molar-refractivity contribution in [3.05, 3.63) is 0 Å². The fourth-order valence-corrected chi connectivity index (χ4v) is 1.87.